The molecule has 1 N–H and O–H groups in total. The van der Waals surface area contributed by atoms with Crippen LogP contribution in [0.5, 0.6) is 5.75 Å². The van der Waals surface area contributed by atoms with Crippen molar-refractivity contribution in [1.82, 2.24) is 9.80 Å². The third-order valence-electron chi connectivity index (χ3n) is 5.17. The molecule has 6 heteroatoms. The molecule has 138 valence electrons. The average molecular weight is 347 g/mol. The van der Waals surface area contributed by atoms with Gasteiger partial charge < -0.3 is 19.6 Å². The van der Waals surface area contributed by atoms with Crippen LogP contribution in [0.15, 0.2) is 24.3 Å². The number of benzene rings is 1. The lowest BCUT2D eigenvalue weighted by molar-refractivity contribution is -0.148. The lowest BCUT2D eigenvalue weighted by atomic mass is 10.1. The van der Waals surface area contributed by atoms with E-state index >= 15 is 0 Å². The fourth-order valence-electron chi connectivity index (χ4n) is 3.81. The molecular formula is C19H29N3O3. The number of ether oxygens (including phenoxy) is 1. The van der Waals surface area contributed by atoms with Crippen molar-refractivity contribution >= 4 is 11.6 Å². The van der Waals surface area contributed by atoms with Crippen LogP contribution in [0.1, 0.15) is 20.8 Å². The highest BCUT2D eigenvalue weighted by Crippen LogP contribution is 2.21. The van der Waals surface area contributed by atoms with Gasteiger partial charge in [0, 0.05) is 45.0 Å². The van der Waals surface area contributed by atoms with Gasteiger partial charge in [0.2, 0.25) is 5.91 Å². The third kappa shape index (κ3) is 4.25. The Bertz CT molecular complexity index is 574. The van der Waals surface area contributed by atoms with Crippen LogP contribution < -0.4 is 4.90 Å². The number of piperazine rings is 1. The van der Waals surface area contributed by atoms with Crippen molar-refractivity contribution in [2.75, 3.05) is 44.2 Å². The summed E-state index contributed by atoms with van der Waals surface area (Å²) in [5, 5.41) is 9.41. The van der Waals surface area contributed by atoms with Crippen molar-refractivity contribution in [3.05, 3.63) is 24.3 Å². The number of carbonyl (C=O) groups is 1. The summed E-state index contributed by atoms with van der Waals surface area (Å²) < 4.78 is 5.73. The van der Waals surface area contributed by atoms with Gasteiger partial charge in [-0.1, -0.05) is 0 Å². The van der Waals surface area contributed by atoms with E-state index in [1.54, 1.807) is 12.1 Å². The number of phenolic OH excluding ortho intramolecular Hbond substituents is 1. The predicted octanol–water partition coefficient (Wildman–Crippen LogP) is 1.54. The Hall–Kier alpha value is -1.79. The summed E-state index contributed by atoms with van der Waals surface area (Å²) in [6.07, 6.45) is 0.206. The maximum atomic E-state index is 12.9. The second-order valence-electron chi connectivity index (χ2n) is 7.22. The second kappa shape index (κ2) is 7.62. The van der Waals surface area contributed by atoms with Crippen molar-refractivity contribution in [2.24, 2.45) is 0 Å². The molecule has 0 radical (unpaired) electrons. The second-order valence-corrected chi connectivity index (χ2v) is 7.22. The molecule has 3 rings (SSSR count). The van der Waals surface area contributed by atoms with E-state index < -0.39 is 0 Å². The fraction of sp³-hybridized carbons (Fsp3) is 0.632. The number of phenols is 1. The molecule has 1 amide bonds. The molecule has 0 spiro atoms. The Morgan fingerprint density at radius 1 is 1.08 bits per heavy atom. The minimum atomic E-state index is -0.0977. The maximum Gasteiger partial charge on any atom is 0.239 e. The van der Waals surface area contributed by atoms with Crippen LogP contribution in [-0.2, 0) is 9.53 Å². The van der Waals surface area contributed by atoms with Gasteiger partial charge in [-0.3, -0.25) is 9.69 Å². The van der Waals surface area contributed by atoms with Crippen molar-refractivity contribution in [3.63, 3.8) is 0 Å². The topological polar surface area (TPSA) is 56.3 Å². The lowest BCUT2D eigenvalue weighted by Crippen LogP contribution is -2.57. The Morgan fingerprint density at radius 3 is 2.20 bits per heavy atom. The van der Waals surface area contributed by atoms with Crippen LogP contribution >= 0.6 is 0 Å². The third-order valence-corrected chi connectivity index (χ3v) is 5.17. The molecule has 1 aromatic carbocycles. The summed E-state index contributed by atoms with van der Waals surface area (Å²) in [6, 6.07) is 7.22. The molecular weight excluding hydrogens is 318 g/mol. The summed E-state index contributed by atoms with van der Waals surface area (Å²) in [7, 11) is 0. The molecule has 2 heterocycles. The number of morpholine rings is 1. The number of rotatable bonds is 3. The van der Waals surface area contributed by atoms with Gasteiger partial charge in [-0.15, -0.1) is 0 Å². The number of hydrogen-bond acceptors (Lipinski definition) is 5. The number of amides is 1. The molecule has 3 atom stereocenters. The first-order valence-electron chi connectivity index (χ1n) is 9.16. The zero-order valence-corrected chi connectivity index (χ0v) is 15.4. The zero-order valence-electron chi connectivity index (χ0n) is 15.4. The van der Waals surface area contributed by atoms with Gasteiger partial charge in [-0.25, -0.2) is 0 Å². The highest BCUT2D eigenvalue weighted by atomic mass is 16.5. The minimum Gasteiger partial charge on any atom is -0.508 e. The van der Waals surface area contributed by atoms with Crippen LogP contribution in [0.2, 0.25) is 0 Å². The molecule has 2 aliphatic heterocycles. The minimum absolute atomic E-state index is 0.0977. The number of aromatic hydroxyl groups is 1. The molecule has 2 aliphatic rings. The number of carbonyl (C=O) groups excluding carboxylic acids is 1. The number of anilines is 1. The molecule has 0 saturated carbocycles. The lowest BCUT2D eigenvalue weighted by Gasteiger charge is -2.42. The quantitative estimate of drug-likeness (QED) is 0.899. The van der Waals surface area contributed by atoms with Crippen molar-refractivity contribution in [3.8, 4) is 5.75 Å². The van der Waals surface area contributed by atoms with Crippen LogP contribution in [0.4, 0.5) is 5.69 Å². The molecule has 25 heavy (non-hydrogen) atoms. The van der Waals surface area contributed by atoms with Crippen LogP contribution in [-0.4, -0.2) is 78.3 Å². The van der Waals surface area contributed by atoms with E-state index in [2.05, 4.69) is 9.80 Å². The van der Waals surface area contributed by atoms with Crippen molar-refractivity contribution in [2.45, 2.75) is 39.0 Å². The fourth-order valence-corrected chi connectivity index (χ4v) is 3.81. The van der Waals surface area contributed by atoms with Gasteiger partial charge in [0.05, 0.1) is 18.2 Å². The van der Waals surface area contributed by atoms with Gasteiger partial charge in [-0.2, -0.15) is 0 Å². The standard InChI is InChI=1S/C19H29N3O3/c1-14-12-22(13-15(2)25-14)19(24)16(3)20-8-10-21(11-9-20)17-4-6-18(23)7-5-17/h4-7,14-16,23H,8-13H2,1-3H3. The number of hydrogen-bond donors (Lipinski definition) is 1. The van der Waals surface area contributed by atoms with Crippen LogP contribution in [0.25, 0.3) is 0 Å². The Kier molecular flexibility index (Phi) is 5.49. The van der Waals surface area contributed by atoms with Crippen molar-refractivity contribution in [1.29, 1.82) is 0 Å². The van der Waals surface area contributed by atoms with E-state index in [4.69, 9.17) is 4.74 Å². The Morgan fingerprint density at radius 2 is 1.64 bits per heavy atom. The first-order valence-corrected chi connectivity index (χ1v) is 9.16. The van der Waals surface area contributed by atoms with Crippen LogP contribution in [0.3, 0.4) is 0 Å². The number of nitrogens with zero attached hydrogens (tertiary/aromatic N) is 3. The summed E-state index contributed by atoms with van der Waals surface area (Å²) in [6.45, 7) is 10.9. The monoisotopic (exact) mass is 347 g/mol. The maximum absolute atomic E-state index is 12.9. The zero-order chi connectivity index (χ0) is 18.0. The molecule has 0 aromatic heterocycles. The smallest absolute Gasteiger partial charge is 0.239 e. The normalized spacial score (nSPS) is 26.5. The molecule has 0 aliphatic carbocycles. The van der Waals surface area contributed by atoms with E-state index in [1.807, 2.05) is 37.8 Å². The van der Waals surface area contributed by atoms with Gasteiger partial charge in [0.1, 0.15) is 5.75 Å². The largest absolute Gasteiger partial charge is 0.508 e. The SMILES string of the molecule is CC1CN(C(=O)C(C)N2CCN(c3ccc(O)cc3)CC2)CC(C)O1. The molecule has 2 saturated heterocycles. The first kappa shape index (κ1) is 18.0. The predicted molar refractivity (Wildman–Crippen MR) is 97.9 cm³/mol. The molecule has 3 unspecified atom stereocenters. The molecule has 6 nitrogen and oxygen atoms in total. The summed E-state index contributed by atoms with van der Waals surface area (Å²) in [5.41, 5.74) is 1.12. The summed E-state index contributed by atoms with van der Waals surface area (Å²) in [4.78, 5) is 19.4. The van der Waals surface area contributed by atoms with E-state index in [-0.39, 0.29) is 29.9 Å². The summed E-state index contributed by atoms with van der Waals surface area (Å²) in [5.74, 6) is 0.496. The van der Waals surface area contributed by atoms with E-state index in [1.165, 1.54) is 0 Å². The van der Waals surface area contributed by atoms with E-state index in [9.17, 15) is 9.90 Å². The van der Waals surface area contributed by atoms with Gasteiger partial charge in [-0.05, 0) is 45.0 Å². The van der Waals surface area contributed by atoms with Crippen molar-refractivity contribution < 1.29 is 14.6 Å². The Labute approximate surface area is 150 Å². The first-order chi connectivity index (χ1) is 11.9. The molecule has 2 fully saturated rings. The molecule has 1 aromatic rings. The van der Waals surface area contributed by atoms with Gasteiger partial charge >= 0.3 is 0 Å². The molecule has 0 bridgehead atoms. The van der Waals surface area contributed by atoms with E-state index in [0.717, 1.165) is 31.9 Å². The van der Waals surface area contributed by atoms with Gasteiger partial charge in [0.25, 0.3) is 0 Å². The summed E-state index contributed by atoms with van der Waals surface area (Å²) >= 11 is 0. The van der Waals surface area contributed by atoms with Gasteiger partial charge in [0.15, 0.2) is 0 Å². The van der Waals surface area contributed by atoms with Crippen LogP contribution in [0, 0.1) is 0 Å². The Balaban J connectivity index is 1.55. The average Bonchev–Trinajstić information content (AvgIpc) is 2.60. The highest BCUT2D eigenvalue weighted by molar-refractivity contribution is 5.81. The van der Waals surface area contributed by atoms with E-state index in [0.29, 0.717) is 13.1 Å². The highest BCUT2D eigenvalue weighted by Gasteiger charge is 2.32.